The molecule has 0 spiro atoms. The number of fused-ring (bicyclic) bond motifs is 1. The zero-order valence-electron chi connectivity index (χ0n) is 20.6. The van der Waals surface area contributed by atoms with Crippen LogP contribution in [0.15, 0.2) is 41.2 Å². The Balaban J connectivity index is 1.43. The molecule has 3 aromatic rings. The number of rotatable bonds is 6. The van der Waals surface area contributed by atoms with Gasteiger partial charge in [0, 0.05) is 43.4 Å². The zero-order valence-corrected chi connectivity index (χ0v) is 21.4. The molecular weight excluding hydrogens is 472 g/mol. The van der Waals surface area contributed by atoms with E-state index in [1.54, 1.807) is 19.2 Å². The third-order valence-electron chi connectivity index (χ3n) is 7.76. The lowest BCUT2D eigenvalue weighted by atomic mass is 9.88. The molecule has 0 unspecified atom stereocenters. The van der Waals surface area contributed by atoms with E-state index >= 15 is 0 Å². The van der Waals surface area contributed by atoms with Crippen molar-refractivity contribution in [3.8, 4) is 12.1 Å². The quantitative estimate of drug-likeness (QED) is 0.473. The van der Waals surface area contributed by atoms with Crippen molar-refractivity contribution in [2.24, 2.45) is 13.0 Å². The van der Waals surface area contributed by atoms with E-state index in [0.29, 0.717) is 22.8 Å². The van der Waals surface area contributed by atoms with Gasteiger partial charge in [-0.15, -0.1) is 0 Å². The maximum Gasteiger partial charge on any atom is 0.270 e. The first-order valence-corrected chi connectivity index (χ1v) is 12.9. The highest BCUT2D eigenvalue weighted by atomic mass is 35.5. The van der Waals surface area contributed by atoms with Gasteiger partial charge < -0.3 is 14.4 Å². The fourth-order valence-corrected chi connectivity index (χ4v) is 5.64. The van der Waals surface area contributed by atoms with Crippen LogP contribution in [0.3, 0.4) is 0 Å². The van der Waals surface area contributed by atoms with Gasteiger partial charge in [0.05, 0.1) is 11.2 Å². The van der Waals surface area contributed by atoms with Crippen LogP contribution in [0.2, 0.25) is 5.02 Å². The van der Waals surface area contributed by atoms with Crippen LogP contribution >= 0.6 is 11.6 Å². The van der Waals surface area contributed by atoms with Gasteiger partial charge in [-0.2, -0.15) is 10.5 Å². The highest BCUT2D eigenvalue weighted by molar-refractivity contribution is 6.30. The van der Waals surface area contributed by atoms with Gasteiger partial charge >= 0.3 is 0 Å². The molecule has 0 aliphatic heterocycles. The van der Waals surface area contributed by atoms with Crippen molar-refractivity contribution in [1.82, 2.24) is 9.55 Å². The third kappa shape index (κ3) is 4.52. The molecule has 36 heavy (non-hydrogen) atoms. The molecule has 0 atom stereocenters. The highest BCUT2D eigenvalue weighted by Gasteiger charge is 2.33. The Morgan fingerprint density at radius 1 is 1.00 bits per heavy atom. The predicted octanol–water partition coefficient (Wildman–Crippen LogP) is 4.99. The second-order valence-corrected chi connectivity index (χ2v) is 10.5. The van der Waals surface area contributed by atoms with E-state index in [1.165, 1.54) is 23.1 Å². The van der Waals surface area contributed by atoms with Crippen LogP contribution in [0.25, 0.3) is 11.0 Å². The summed E-state index contributed by atoms with van der Waals surface area (Å²) in [5.41, 5.74) is 2.89. The molecule has 7 nitrogen and oxygen atoms in total. The third-order valence-corrected chi connectivity index (χ3v) is 8.01. The highest BCUT2D eigenvalue weighted by Crippen LogP contribution is 2.37. The molecule has 2 aliphatic rings. The summed E-state index contributed by atoms with van der Waals surface area (Å²) in [6, 6.07) is 16.3. The van der Waals surface area contributed by atoms with E-state index < -0.39 is 0 Å². The normalized spacial score (nSPS) is 19.5. The maximum absolute atomic E-state index is 13.0. The van der Waals surface area contributed by atoms with Crippen molar-refractivity contribution < 1.29 is 0 Å². The molecule has 2 heterocycles. The van der Waals surface area contributed by atoms with Crippen LogP contribution in [-0.2, 0) is 7.05 Å². The van der Waals surface area contributed by atoms with Crippen molar-refractivity contribution in [3.05, 3.63) is 63.0 Å². The number of pyridine rings is 2. The van der Waals surface area contributed by atoms with Crippen LogP contribution in [-0.4, -0.2) is 35.2 Å². The Morgan fingerprint density at radius 3 is 2.28 bits per heavy atom. The van der Waals surface area contributed by atoms with Crippen LogP contribution in [0.1, 0.15) is 49.8 Å². The lowest BCUT2D eigenvalue weighted by molar-refractivity contribution is 0.365. The molecule has 184 valence electrons. The summed E-state index contributed by atoms with van der Waals surface area (Å²) < 4.78 is 1.44. The second-order valence-electron chi connectivity index (χ2n) is 10.0. The van der Waals surface area contributed by atoms with Crippen molar-refractivity contribution in [2.45, 2.75) is 50.6 Å². The molecule has 0 radical (unpaired) electrons. The van der Waals surface area contributed by atoms with E-state index in [9.17, 15) is 15.3 Å². The van der Waals surface area contributed by atoms with Crippen molar-refractivity contribution >= 4 is 34.0 Å². The number of halogens is 1. The molecule has 0 bridgehead atoms. The largest absolute Gasteiger partial charge is 0.369 e. The number of benzene rings is 1. The Kier molecular flexibility index (Phi) is 6.60. The topological polar surface area (TPSA) is 88.9 Å². The predicted molar refractivity (Wildman–Crippen MR) is 142 cm³/mol. The number of anilines is 2. The molecule has 8 heteroatoms. The zero-order chi connectivity index (χ0) is 25.4. The van der Waals surface area contributed by atoms with Gasteiger partial charge in [0.1, 0.15) is 28.9 Å². The summed E-state index contributed by atoms with van der Waals surface area (Å²) in [7, 11) is 3.58. The van der Waals surface area contributed by atoms with Crippen molar-refractivity contribution in [3.63, 3.8) is 0 Å². The summed E-state index contributed by atoms with van der Waals surface area (Å²) in [4.78, 5) is 22.1. The van der Waals surface area contributed by atoms with E-state index in [1.807, 2.05) is 19.2 Å². The fourth-order valence-electron chi connectivity index (χ4n) is 5.52. The van der Waals surface area contributed by atoms with Gasteiger partial charge in [0.15, 0.2) is 0 Å². The average Bonchev–Trinajstić information content (AvgIpc) is 3.73. The number of aromatic nitrogens is 2. The van der Waals surface area contributed by atoms with Crippen molar-refractivity contribution in [2.75, 3.05) is 23.4 Å². The minimum atomic E-state index is -0.342. The van der Waals surface area contributed by atoms with E-state index in [-0.39, 0.29) is 22.9 Å². The molecule has 2 aromatic heterocycles. The molecule has 5 rings (SSSR count). The number of hydrogen-bond donors (Lipinski definition) is 0. The fraction of sp³-hybridized carbons (Fsp3) is 0.429. The lowest BCUT2D eigenvalue weighted by Gasteiger charge is -2.41. The smallest absolute Gasteiger partial charge is 0.270 e. The Labute approximate surface area is 216 Å². The van der Waals surface area contributed by atoms with Crippen LogP contribution in [0.5, 0.6) is 0 Å². The van der Waals surface area contributed by atoms with Gasteiger partial charge in [0.25, 0.3) is 5.56 Å². The molecule has 0 amide bonds. The molecular formula is C28H29ClN6O. The Bertz CT molecular complexity index is 1420. The molecule has 2 aliphatic carbocycles. The summed E-state index contributed by atoms with van der Waals surface area (Å²) >= 11 is 6.14. The molecule has 0 N–H and O–H groups in total. The first-order chi connectivity index (χ1) is 17.4. The minimum Gasteiger partial charge on any atom is -0.369 e. The second kappa shape index (κ2) is 9.84. The summed E-state index contributed by atoms with van der Waals surface area (Å²) in [5, 5.41) is 20.1. The first-order valence-electron chi connectivity index (χ1n) is 12.5. The van der Waals surface area contributed by atoms with Crippen LogP contribution in [0.4, 0.5) is 11.4 Å². The average molecular weight is 501 g/mol. The van der Waals surface area contributed by atoms with E-state index in [4.69, 9.17) is 11.6 Å². The summed E-state index contributed by atoms with van der Waals surface area (Å²) in [5.74, 6) is 0.770. The van der Waals surface area contributed by atoms with E-state index in [2.05, 4.69) is 39.1 Å². The van der Waals surface area contributed by atoms with Gasteiger partial charge in [-0.1, -0.05) is 11.6 Å². The monoisotopic (exact) mass is 500 g/mol. The SMILES string of the molecule is Cn1c(=O)c(C#N)c(N(C)[C@H]2CC[C@@H](N(CC3CC3)c3ccc(Cl)cc3)CC2)c2nc(C#N)ccc21. The Morgan fingerprint density at radius 2 is 1.67 bits per heavy atom. The molecule has 0 saturated heterocycles. The van der Waals surface area contributed by atoms with Crippen molar-refractivity contribution in [1.29, 1.82) is 10.5 Å². The number of nitrogens with zero attached hydrogens (tertiary/aromatic N) is 6. The van der Waals surface area contributed by atoms with Crippen LogP contribution in [0, 0.1) is 28.6 Å². The van der Waals surface area contributed by atoms with E-state index in [0.717, 1.165) is 43.2 Å². The minimum absolute atomic E-state index is 0.0775. The number of nitriles is 2. The number of aryl methyl sites for hydroxylation is 1. The van der Waals surface area contributed by atoms with Gasteiger partial charge in [0.2, 0.25) is 0 Å². The standard InChI is InChI=1S/C28H29ClN6O/c1-33(27-24(16-31)28(36)34(2)25-14-7-20(15-30)32-26(25)27)21-10-12-23(13-11-21)35(17-18-3-4-18)22-8-5-19(29)6-9-22/h5-9,14,18,21,23H,3-4,10-13,17H2,1-2H3/t21-,23+. The van der Waals surface area contributed by atoms with Crippen LogP contribution < -0.4 is 15.4 Å². The lowest BCUT2D eigenvalue weighted by Crippen LogP contribution is -2.44. The molecule has 2 fully saturated rings. The first kappa shape index (κ1) is 24.2. The summed E-state index contributed by atoms with van der Waals surface area (Å²) in [6.45, 7) is 1.08. The van der Waals surface area contributed by atoms with Gasteiger partial charge in [-0.05, 0) is 80.8 Å². The Hall–Kier alpha value is -3.55. The molecule has 2 saturated carbocycles. The number of hydrogen-bond acceptors (Lipinski definition) is 6. The maximum atomic E-state index is 13.0. The molecule has 1 aromatic carbocycles. The summed E-state index contributed by atoms with van der Waals surface area (Å²) in [6.07, 6.45) is 6.52. The van der Waals surface area contributed by atoms with Gasteiger partial charge in [-0.3, -0.25) is 4.79 Å². The van der Waals surface area contributed by atoms with Gasteiger partial charge in [-0.25, -0.2) is 4.98 Å².